The molecule has 1 aromatic carbocycles. The van der Waals surface area contributed by atoms with Crippen molar-refractivity contribution in [3.63, 3.8) is 0 Å². The Morgan fingerprint density at radius 2 is 2.15 bits per heavy atom. The van der Waals surface area contributed by atoms with Crippen LogP contribution in [-0.2, 0) is 13.0 Å². The first-order chi connectivity index (χ1) is 13.2. The number of nitrogens with one attached hydrogen (secondary N) is 1. The quantitative estimate of drug-likeness (QED) is 0.563. The lowest BCUT2D eigenvalue weighted by molar-refractivity contribution is 0.179. The van der Waals surface area contributed by atoms with Crippen molar-refractivity contribution in [1.29, 1.82) is 0 Å². The Kier molecular flexibility index (Phi) is 7.06. The average Bonchev–Trinajstić information content (AvgIpc) is 3.15. The van der Waals surface area contributed by atoms with E-state index >= 15 is 0 Å². The topological polar surface area (TPSA) is 75.8 Å². The first-order valence-corrected chi connectivity index (χ1v) is 10.4. The molecule has 0 atom stereocenters. The van der Waals surface area contributed by atoms with Crippen LogP contribution in [0.2, 0.25) is 0 Å². The number of benzene rings is 1. The third-order valence-electron chi connectivity index (χ3n) is 4.88. The van der Waals surface area contributed by atoms with Crippen LogP contribution in [0.4, 0.5) is 5.69 Å². The van der Waals surface area contributed by atoms with Crippen LogP contribution in [0.1, 0.15) is 30.5 Å². The van der Waals surface area contributed by atoms with Crippen LogP contribution in [0.5, 0.6) is 5.75 Å². The number of piperidine rings is 1. The lowest BCUT2D eigenvalue weighted by Crippen LogP contribution is -2.34. The molecule has 0 saturated carbocycles. The second-order valence-electron chi connectivity index (χ2n) is 6.86. The van der Waals surface area contributed by atoms with Gasteiger partial charge in [0.1, 0.15) is 5.75 Å². The highest BCUT2D eigenvalue weighted by molar-refractivity contribution is 7.09. The fraction of sp³-hybridized carbons (Fsp3) is 0.500. The monoisotopic (exact) mass is 387 g/mol. The number of thiazole rings is 1. The molecule has 1 saturated heterocycles. The van der Waals surface area contributed by atoms with Crippen LogP contribution in [0.3, 0.4) is 0 Å². The van der Waals surface area contributed by atoms with Gasteiger partial charge in [0.15, 0.2) is 5.96 Å². The summed E-state index contributed by atoms with van der Waals surface area (Å²) in [5, 5.41) is 6.56. The van der Waals surface area contributed by atoms with Gasteiger partial charge in [0.2, 0.25) is 0 Å². The molecule has 2 heterocycles. The van der Waals surface area contributed by atoms with Gasteiger partial charge in [-0.3, -0.25) is 9.89 Å². The summed E-state index contributed by atoms with van der Waals surface area (Å²) >= 11 is 1.77. The van der Waals surface area contributed by atoms with E-state index in [0.29, 0.717) is 11.9 Å². The van der Waals surface area contributed by atoms with Crippen molar-refractivity contribution in [2.45, 2.75) is 32.7 Å². The fourth-order valence-electron chi connectivity index (χ4n) is 3.29. The molecule has 0 radical (unpaired) electrons. The van der Waals surface area contributed by atoms with Crippen molar-refractivity contribution >= 4 is 23.0 Å². The van der Waals surface area contributed by atoms with Crippen LogP contribution in [0.25, 0.3) is 0 Å². The Morgan fingerprint density at radius 1 is 1.37 bits per heavy atom. The van der Waals surface area contributed by atoms with Crippen LogP contribution < -0.4 is 15.8 Å². The second-order valence-corrected chi connectivity index (χ2v) is 7.80. The molecule has 0 spiro atoms. The molecule has 27 heavy (non-hydrogen) atoms. The Labute approximate surface area is 165 Å². The molecule has 2 aromatic rings. The first-order valence-electron chi connectivity index (χ1n) is 9.53. The van der Waals surface area contributed by atoms with Crippen molar-refractivity contribution in [2.75, 3.05) is 32.1 Å². The maximum Gasteiger partial charge on any atom is 0.193 e. The highest BCUT2D eigenvalue weighted by Crippen LogP contribution is 2.23. The van der Waals surface area contributed by atoms with Crippen molar-refractivity contribution in [1.82, 2.24) is 9.88 Å². The average molecular weight is 388 g/mol. The van der Waals surface area contributed by atoms with Gasteiger partial charge in [-0.25, -0.2) is 4.98 Å². The number of methoxy groups -OCH3 is 1. The molecule has 7 heteroatoms. The highest BCUT2D eigenvalue weighted by atomic mass is 32.1. The zero-order chi connectivity index (χ0) is 19.1. The Bertz CT molecular complexity index is 752. The van der Waals surface area contributed by atoms with E-state index in [2.05, 4.69) is 32.5 Å². The van der Waals surface area contributed by atoms with Crippen LogP contribution in [0, 0.1) is 5.92 Å². The molecule has 146 valence electrons. The number of hydrogen-bond donors (Lipinski definition) is 2. The number of aryl methyl sites for hydroxylation is 1. The number of anilines is 1. The van der Waals surface area contributed by atoms with Gasteiger partial charge in [-0.1, -0.05) is 19.1 Å². The predicted molar refractivity (Wildman–Crippen MR) is 113 cm³/mol. The first kappa shape index (κ1) is 19.6. The third-order valence-corrected chi connectivity index (χ3v) is 5.93. The largest absolute Gasteiger partial charge is 0.495 e. The minimum Gasteiger partial charge on any atom is -0.495 e. The number of hydrogen-bond acceptors (Lipinski definition) is 5. The summed E-state index contributed by atoms with van der Waals surface area (Å²) < 4.78 is 5.33. The van der Waals surface area contributed by atoms with Gasteiger partial charge in [-0.2, -0.15) is 0 Å². The molecule has 0 aliphatic carbocycles. The van der Waals surface area contributed by atoms with Gasteiger partial charge in [0.25, 0.3) is 0 Å². The standard InChI is InChI=1S/C20H29N5OS/c1-3-19-23-16(14-27-19)13-25-10-8-15(9-11-25)12-22-20(21)24-17-6-4-5-7-18(17)26-2/h4-7,14-15H,3,8-13H2,1-2H3,(H3,21,22,24). The number of likely N-dealkylation sites (tertiary alicyclic amines) is 1. The number of aromatic nitrogens is 1. The van der Waals surface area contributed by atoms with Gasteiger partial charge in [-0.05, 0) is 50.4 Å². The number of ether oxygens (including phenoxy) is 1. The number of aliphatic imine (C=N–C) groups is 1. The van der Waals surface area contributed by atoms with Gasteiger partial charge in [-0.15, -0.1) is 11.3 Å². The van der Waals surface area contributed by atoms with E-state index in [0.717, 1.165) is 56.9 Å². The van der Waals surface area contributed by atoms with E-state index in [9.17, 15) is 0 Å². The van der Waals surface area contributed by atoms with E-state index in [-0.39, 0.29) is 0 Å². The van der Waals surface area contributed by atoms with Gasteiger partial charge < -0.3 is 15.8 Å². The maximum absolute atomic E-state index is 6.06. The minimum absolute atomic E-state index is 0.441. The van der Waals surface area contributed by atoms with Crippen molar-refractivity contribution in [3.8, 4) is 5.75 Å². The molecule has 6 nitrogen and oxygen atoms in total. The molecular weight excluding hydrogens is 358 g/mol. The van der Waals surface area contributed by atoms with E-state index < -0.39 is 0 Å². The zero-order valence-corrected chi connectivity index (χ0v) is 17.0. The zero-order valence-electron chi connectivity index (χ0n) is 16.1. The summed E-state index contributed by atoms with van der Waals surface area (Å²) in [7, 11) is 1.65. The lowest BCUT2D eigenvalue weighted by Gasteiger charge is -2.30. The van der Waals surface area contributed by atoms with E-state index in [1.807, 2.05) is 24.3 Å². The Balaban J connectivity index is 1.43. The third kappa shape index (κ3) is 5.68. The smallest absolute Gasteiger partial charge is 0.193 e. The summed E-state index contributed by atoms with van der Waals surface area (Å²) in [5.41, 5.74) is 8.10. The number of nitrogens with zero attached hydrogens (tertiary/aromatic N) is 3. The number of rotatable bonds is 7. The minimum atomic E-state index is 0.441. The molecule has 1 aliphatic heterocycles. The number of para-hydroxylation sites is 2. The molecular formula is C20H29N5OS. The van der Waals surface area contributed by atoms with Crippen LogP contribution in [0.15, 0.2) is 34.6 Å². The molecule has 1 fully saturated rings. The van der Waals surface area contributed by atoms with Gasteiger partial charge in [0.05, 0.1) is 23.5 Å². The maximum atomic E-state index is 6.06. The second kappa shape index (κ2) is 9.71. The molecule has 1 aliphatic rings. The van der Waals surface area contributed by atoms with E-state index in [4.69, 9.17) is 10.5 Å². The SMILES string of the molecule is CCc1nc(CN2CCC(CN=C(N)Nc3ccccc3OC)CC2)cs1. The summed E-state index contributed by atoms with van der Waals surface area (Å²) in [4.78, 5) is 11.7. The van der Waals surface area contributed by atoms with Gasteiger partial charge in [0, 0.05) is 18.5 Å². The summed E-state index contributed by atoms with van der Waals surface area (Å²) in [6.45, 7) is 6.07. The Hall–Kier alpha value is -2.12. The molecule has 1 aromatic heterocycles. The molecule has 0 amide bonds. The van der Waals surface area contributed by atoms with Crippen molar-refractivity contribution in [3.05, 3.63) is 40.3 Å². The molecule has 0 bridgehead atoms. The van der Waals surface area contributed by atoms with Crippen molar-refractivity contribution in [2.24, 2.45) is 16.6 Å². The molecule has 3 N–H and O–H groups in total. The van der Waals surface area contributed by atoms with Crippen molar-refractivity contribution < 1.29 is 4.74 Å². The van der Waals surface area contributed by atoms with E-state index in [1.165, 1.54) is 10.7 Å². The van der Waals surface area contributed by atoms with Crippen LogP contribution in [-0.4, -0.2) is 42.6 Å². The molecule has 0 unspecified atom stereocenters. The van der Waals surface area contributed by atoms with Crippen LogP contribution >= 0.6 is 11.3 Å². The summed E-state index contributed by atoms with van der Waals surface area (Å²) in [5.74, 6) is 1.79. The van der Waals surface area contributed by atoms with E-state index in [1.54, 1.807) is 18.4 Å². The fourth-order valence-corrected chi connectivity index (χ4v) is 4.03. The lowest BCUT2D eigenvalue weighted by atomic mass is 9.97. The van der Waals surface area contributed by atoms with Gasteiger partial charge >= 0.3 is 0 Å². The Morgan fingerprint density at radius 3 is 2.85 bits per heavy atom. The summed E-state index contributed by atoms with van der Waals surface area (Å²) in [6.07, 6.45) is 3.32. The normalized spacial score (nSPS) is 16.4. The highest BCUT2D eigenvalue weighted by Gasteiger charge is 2.19. The summed E-state index contributed by atoms with van der Waals surface area (Å²) in [6, 6.07) is 7.71. The molecule has 3 rings (SSSR count). The number of guanidine groups is 1. The predicted octanol–water partition coefficient (Wildman–Crippen LogP) is 3.35. The number of nitrogens with two attached hydrogens (primary N) is 1.